The van der Waals surface area contributed by atoms with Gasteiger partial charge in [0, 0.05) is 9.90 Å². The molecule has 1 N–H and O–H groups in total. The number of hydrogen-bond acceptors (Lipinski definition) is 4. The molecule has 0 fully saturated rings. The third kappa shape index (κ3) is 3.25. The van der Waals surface area contributed by atoms with Crippen LogP contribution in [-0.2, 0) is 22.9 Å². The second kappa shape index (κ2) is 6.00. The maximum Gasteiger partial charge on any atom is 0.265 e. The lowest BCUT2D eigenvalue weighted by Gasteiger charge is -2.15. The van der Waals surface area contributed by atoms with Crippen LogP contribution in [0.25, 0.3) is 0 Å². The number of anilines is 1. The summed E-state index contributed by atoms with van der Waals surface area (Å²) in [7, 11) is -3.80. The molecule has 0 radical (unpaired) electrons. The molecule has 1 heterocycles. The summed E-state index contributed by atoms with van der Waals surface area (Å²) in [5.41, 5.74) is 0.998. The second-order valence-electron chi connectivity index (χ2n) is 5.42. The van der Waals surface area contributed by atoms with Gasteiger partial charge in [0.25, 0.3) is 10.0 Å². The topological polar surface area (TPSA) is 59.1 Å². The van der Waals surface area contributed by atoms with Crippen molar-refractivity contribution < 1.29 is 8.42 Å². The highest BCUT2D eigenvalue weighted by molar-refractivity contribution is 7.93. The summed E-state index contributed by atoms with van der Waals surface area (Å²) in [6.45, 7) is 2.19. The number of nitrogens with zero attached hydrogens (tertiary/aromatic N) is 1. The van der Waals surface area contributed by atoms with Crippen molar-refractivity contribution in [3.63, 3.8) is 0 Å². The number of fused-ring (bicyclic) bond motifs is 1. The summed E-state index contributed by atoms with van der Waals surface area (Å²) >= 11 is 13.2. The van der Waals surface area contributed by atoms with Gasteiger partial charge < -0.3 is 0 Å². The molecule has 0 spiro atoms. The number of thiazole rings is 1. The fourth-order valence-electron chi connectivity index (χ4n) is 2.44. The molecule has 0 bridgehead atoms. The van der Waals surface area contributed by atoms with E-state index in [2.05, 4.69) is 16.6 Å². The maximum absolute atomic E-state index is 12.5. The molecule has 1 aliphatic rings. The van der Waals surface area contributed by atoms with Crippen LogP contribution in [0.4, 0.5) is 5.13 Å². The van der Waals surface area contributed by atoms with E-state index in [4.69, 9.17) is 23.2 Å². The molecule has 0 saturated heterocycles. The molecule has 1 aliphatic carbocycles. The zero-order chi connectivity index (χ0) is 15.9. The number of hydrogen-bond donors (Lipinski definition) is 1. The van der Waals surface area contributed by atoms with Crippen molar-refractivity contribution in [2.24, 2.45) is 5.92 Å². The first-order chi connectivity index (χ1) is 10.3. The number of benzene rings is 1. The van der Waals surface area contributed by atoms with E-state index in [1.54, 1.807) is 6.07 Å². The molecule has 0 aliphatic heterocycles. The lowest BCUT2D eigenvalue weighted by molar-refractivity contribution is 0.502. The van der Waals surface area contributed by atoms with Crippen LogP contribution in [0.2, 0.25) is 10.0 Å². The third-order valence-corrected chi connectivity index (χ3v) is 6.81. The van der Waals surface area contributed by atoms with Crippen molar-refractivity contribution in [2.45, 2.75) is 31.1 Å². The van der Waals surface area contributed by atoms with E-state index in [9.17, 15) is 8.42 Å². The number of aromatic nitrogens is 1. The normalized spacial score (nSPS) is 18.0. The molecule has 1 aromatic carbocycles. The highest BCUT2D eigenvalue weighted by atomic mass is 35.5. The Morgan fingerprint density at radius 3 is 2.91 bits per heavy atom. The summed E-state index contributed by atoms with van der Waals surface area (Å²) in [5, 5.41) is 0.832. The van der Waals surface area contributed by atoms with E-state index in [0.29, 0.717) is 16.1 Å². The summed E-state index contributed by atoms with van der Waals surface area (Å²) in [6.07, 6.45) is 2.93. The SMILES string of the molecule is CC1CCc2nc(NS(=O)(=O)c3cc(Cl)ccc3Cl)sc2C1. The minimum Gasteiger partial charge on any atom is -0.255 e. The number of rotatable bonds is 3. The van der Waals surface area contributed by atoms with E-state index in [1.165, 1.54) is 23.5 Å². The molecule has 118 valence electrons. The lowest BCUT2D eigenvalue weighted by Crippen LogP contribution is -2.13. The van der Waals surface area contributed by atoms with Crippen molar-refractivity contribution in [2.75, 3.05) is 4.72 Å². The van der Waals surface area contributed by atoms with Crippen molar-refractivity contribution in [1.29, 1.82) is 0 Å². The Morgan fingerprint density at radius 1 is 1.36 bits per heavy atom. The van der Waals surface area contributed by atoms with Crippen LogP contribution in [0.5, 0.6) is 0 Å². The fourth-order valence-corrected chi connectivity index (χ4v) is 5.61. The Bertz CT molecular complexity index is 818. The molecule has 2 aromatic rings. The standard InChI is InChI=1S/C14H14Cl2N2O2S2/c1-8-2-5-11-12(6-8)21-14(17-11)18-22(19,20)13-7-9(15)3-4-10(13)16/h3-4,7-8H,2,5-6H2,1H3,(H,17,18). The van der Waals surface area contributed by atoms with Gasteiger partial charge in [-0.25, -0.2) is 13.4 Å². The van der Waals surface area contributed by atoms with Gasteiger partial charge in [0.15, 0.2) is 5.13 Å². The Kier molecular flexibility index (Phi) is 4.38. The minimum absolute atomic E-state index is 0.0387. The van der Waals surface area contributed by atoms with Gasteiger partial charge in [-0.1, -0.05) is 30.1 Å². The van der Waals surface area contributed by atoms with Crippen LogP contribution in [0.1, 0.15) is 23.9 Å². The molecule has 1 unspecified atom stereocenters. The minimum atomic E-state index is -3.80. The Morgan fingerprint density at radius 2 is 2.14 bits per heavy atom. The average molecular weight is 377 g/mol. The molecular weight excluding hydrogens is 363 g/mol. The smallest absolute Gasteiger partial charge is 0.255 e. The lowest BCUT2D eigenvalue weighted by atomic mass is 9.93. The molecule has 4 nitrogen and oxygen atoms in total. The molecule has 3 rings (SSSR count). The van der Waals surface area contributed by atoms with Crippen LogP contribution in [0.3, 0.4) is 0 Å². The summed E-state index contributed by atoms with van der Waals surface area (Å²) < 4.78 is 27.4. The number of nitrogens with one attached hydrogen (secondary N) is 1. The summed E-state index contributed by atoms with van der Waals surface area (Å²) in [4.78, 5) is 5.52. The average Bonchev–Trinajstić information content (AvgIpc) is 2.81. The number of halogens is 2. The molecule has 22 heavy (non-hydrogen) atoms. The van der Waals surface area contributed by atoms with Crippen molar-refractivity contribution in [1.82, 2.24) is 4.98 Å². The largest absolute Gasteiger partial charge is 0.265 e. The van der Waals surface area contributed by atoms with E-state index in [-0.39, 0.29) is 9.92 Å². The fraction of sp³-hybridized carbons (Fsp3) is 0.357. The van der Waals surface area contributed by atoms with Crippen LogP contribution >= 0.6 is 34.5 Å². The molecule has 8 heteroatoms. The number of aryl methyl sites for hydroxylation is 1. The van der Waals surface area contributed by atoms with Crippen LogP contribution < -0.4 is 4.72 Å². The highest BCUT2D eigenvalue weighted by Crippen LogP contribution is 2.34. The van der Waals surface area contributed by atoms with Gasteiger partial charge in [-0.3, -0.25) is 4.72 Å². The first kappa shape index (κ1) is 16.1. The Hall–Kier alpha value is -0.820. The van der Waals surface area contributed by atoms with Crippen LogP contribution in [-0.4, -0.2) is 13.4 Å². The van der Waals surface area contributed by atoms with Gasteiger partial charge in [-0.15, -0.1) is 11.3 Å². The summed E-state index contributed by atoms with van der Waals surface area (Å²) in [6, 6.07) is 4.35. The van der Waals surface area contributed by atoms with Gasteiger partial charge in [0.2, 0.25) is 0 Å². The highest BCUT2D eigenvalue weighted by Gasteiger charge is 2.24. The molecule has 0 saturated carbocycles. The summed E-state index contributed by atoms with van der Waals surface area (Å²) in [5.74, 6) is 0.611. The van der Waals surface area contributed by atoms with Crippen molar-refractivity contribution >= 4 is 49.7 Å². The van der Waals surface area contributed by atoms with Gasteiger partial charge in [-0.05, 0) is 43.4 Å². The van der Waals surface area contributed by atoms with Gasteiger partial charge in [0.05, 0.1) is 10.7 Å². The third-order valence-electron chi connectivity index (χ3n) is 3.59. The van der Waals surface area contributed by atoms with E-state index in [0.717, 1.165) is 29.8 Å². The quantitative estimate of drug-likeness (QED) is 0.864. The Balaban J connectivity index is 1.90. The second-order valence-corrected chi connectivity index (χ2v) is 9.00. The van der Waals surface area contributed by atoms with E-state index >= 15 is 0 Å². The van der Waals surface area contributed by atoms with Crippen LogP contribution in [0.15, 0.2) is 23.1 Å². The number of sulfonamides is 1. The molecule has 0 amide bonds. The van der Waals surface area contributed by atoms with Gasteiger partial charge in [0.1, 0.15) is 4.90 Å². The Labute approximate surface area is 143 Å². The zero-order valence-corrected chi connectivity index (χ0v) is 14.9. The first-order valence-corrected chi connectivity index (χ1v) is 9.87. The van der Waals surface area contributed by atoms with E-state index in [1.807, 2.05) is 0 Å². The first-order valence-electron chi connectivity index (χ1n) is 6.81. The van der Waals surface area contributed by atoms with E-state index < -0.39 is 10.0 Å². The maximum atomic E-state index is 12.5. The van der Waals surface area contributed by atoms with Crippen molar-refractivity contribution in [3.8, 4) is 0 Å². The predicted octanol–water partition coefficient (Wildman–Crippen LogP) is 4.38. The molecular formula is C14H14Cl2N2O2S2. The van der Waals surface area contributed by atoms with Gasteiger partial charge in [-0.2, -0.15) is 0 Å². The molecule has 1 aromatic heterocycles. The predicted molar refractivity (Wildman–Crippen MR) is 90.6 cm³/mol. The molecule has 1 atom stereocenters. The monoisotopic (exact) mass is 376 g/mol. The zero-order valence-electron chi connectivity index (χ0n) is 11.8. The van der Waals surface area contributed by atoms with Crippen molar-refractivity contribution in [3.05, 3.63) is 38.8 Å². The van der Waals surface area contributed by atoms with Crippen LogP contribution in [0, 0.1) is 5.92 Å². The van der Waals surface area contributed by atoms with Gasteiger partial charge >= 0.3 is 0 Å².